The number of halogens is 1. The molecular formula is C12H16ClNO. The van der Waals surface area contributed by atoms with Gasteiger partial charge in [0, 0.05) is 16.1 Å². The highest BCUT2D eigenvalue weighted by Gasteiger charge is 2.40. The number of hydrogen-bond donors (Lipinski definition) is 1. The minimum Gasteiger partial charge on any atom is -0.496 e. The van der Waals surface area contributed by atoms with Crippen molar-refractivity contribution in [3.05, 3.63) is 28.3 Å². The van der Waals surface area contributed by atoms with Gasteiger partial charge in [0.2, 0.25) is 0 Å². The second-order valence-corrected chi connectivity index (χ2v) is 4.56. The molecule has 1 aliphatic rings. The molecule has 2 rings (SSSR count). The highest BCUT2D eigenvalue weighted by atomic mass is 35.5. The van der Waals surface area contributed by atoms with Crippen LogP contribution < -0.4 is 10.5 Å². The van der Waals surface area contributed by atoms with E-state index in [1.807, 2.05) is 12.1 Å². The SMILES string of the molecule is CCc1c(Cl)cc(C2(N)CC2)cc1OC. The number of hydrogen-bond acceptors (Lipinski definition) is 2. The smallest absolute Gasteiger partial charge is 0.123 e. The van der Waals surface area contributed by atoms with Gasteiger partial charge >= 0.3 is 0 Å². The molecule has 2 N–H and O–H groups in total. The summed E-state index contributed by atoms with van der Waals surface area (Å²) in [4.78, 5) is 0. The van der Waals surface area contributed by atoms with Crippen LogP contribution in [-0.2, 0) is 12.0 Å². The molecule has 15 heavy (non-hydrogen) atoms. The topological polar surface area (TPSA) is 35.2 Å². The van der Waals surface area contributed by atoms with Crippen molar-refractivity contribution >= 4 is 11.6 Å². The summed E-state index contributed by atoms with van der Waals surface area (Å²) >= 11 is 6.21. The fraction of sp³-hybridized carbons (Fsp3) is 0.500. The molecule has 0 aromatic heterocycles. The van der Waals surface area contributed by atoms with Gasteiger partial charge in [-0.05, 0) is 37.0 Å². The van der Waals surface area contributed by atoms with Gasteiger partial charge in [-0.2, -0.15) is 0 Å². The van der Waals surface area contributed by atoms with Gasteiger partial charge in [0.15, 0.2) is 0 Å². The Balaban J connectivity index is 2.48. The lowest BCUT2D eigenvalue weighted by molar-refractivity contribution is 0.409. The van der Waals surface area contributed by atoms with Gasteiger partial charge < -0.3 is 10.5 Å². The van der Waals surface area contributed by atoms with Crippen LogP contribution in [0.15, 0.2) is 12.1 Å². The van der Waals surface area contributed by atoms with Crippen molar-refractivity contribution in [1.82, 2.24) is 0 Å². The van der Waals surface area contributed by atoms with Gasteiger partial charge in [0.05, 0.1) is 7.11 Å². The summed E-state index contributed by atoms with van der Waals surface area (Å²) in [6.45, 7) is 2.07. The summed E-state index contributed by atoms with van der Waals surface area (Å²) in [6, 6.07) is 4.01. The van der Waals surface area contributed by atoms with Gasteiger partial charge in [-0.25, -0.2) is 0 Å². The second kappa shape index (κ2) is 3.69. The zero-order valence-corrected chi connectivity index (χ0v) is 9.90. The molecule has 1 aliphatic carbocycles. The van der Waals surface area contributed by atoms with Crippen LogP contribution in [0.1, 0.15) is 30.9 Å². The summed E-state index contributed by atoms with van der Waals surface area (Å²) in [6.07, 6.45) is 2.95. The molecule has 1 fully saturated rings. The van der Waals surface area contributed by atoms with Crippen LogP contribution in [-0.4, -0.2) is 7.11 Å². The van der Waals surface area contributed by atoms with Crippen LogP contribution in [0.25, 0.3) is 0 Å². The van der Waals surface area contributed by atoms with E-state index in [4.69, 9.17) is 22.1 Å². The third kappa shape index (κ3) is 1.84. The lowest BCUT2D eigenvalue weighted by atomic mass is 10.0. The van der Waals surface area contributed by atoms with Crippen LogP contribution in [0.2, 0.25) is 5.02 Å². The van der Waals surface area contributed by atoms with E-state index in [1.165, 1.54) is 0 Å². The van der Waals surface area contributed by atoms with Gasteiger partial charge in [-0.1, -0.05) is 18.5 Å². The average molecular weight is 226 g/mol. The first-order chi connectivity index (χ1) is 7.10. The van der Waals surface area contributed by atoms with E-state index < -0.39 is 0 Å². The molecule has 1 saturated carbocycles. The predicted molar refractivity (Wildman–Crippen MR) is 62.5 cm³/mol. The number of benzene rings is 1. The van der Waals surface area contributed by atoms with E-state index in [1.54, 1.807) is 7.11 Å². The molecule has 1 aromatic rings. The van der Waals surface area contributed by atoms with Gasteiger partial charge in [0.25, 0.3) is 0 Å². The van der Waals surface area contributed by atoms with E-state index in [9.17, 15) is 0 Å². The summed E-state index contributed by atoms with van der Waals surface area (Å²) < 4.78 is 5.34. The molecular weight excluding hydrogens is 210 g/mol. The zero-order chi connectivity index (χ0) is 11.1. The van der Waals surface area contributed by atoms with Crippen molar-refractivity contribution in [2.75, 3.05) is 7.11 Å². The third-order valence-corrected chi connectivity index (χ3v) is 3.43. The standard InChI is InChI=1S/C12H16ClNO/c1-3-9-10(13)6-8(7-11(9)15-2)12(14)4-5-12/h6-7H,3-5,14H2,1-2H3. The predicted octanol–water partition coefficient (Wildman–Crippen LogP) is 2.86. The first-order valence-electron chi connectivity index (χ1n) is 5.26. The van der Waals surface area contributed by atoms with E-state index in [2.05, 4.69) is 6.92 Å². The van der Waals surface area contributed by atoms with Crippen LogP contribution in [0.5, 0.6) is 5.75 Å². The summed E-state index contributed by atoms with van der Waals surface area (Å²) in [5, 5.41) is 0.767. The molecule has 2 nitrogen and oxygen atoms in total. The van der Waals surface area contributed by atoms with Crippen molar-refractivity contribution in [3.63, 3.8) is 0 Å². The maximum Gasteiger partial charge on any atom is 0.123 e. The Morgan fingerprint density at radius 3 is 2.60 bits per heavy atom. The number of methoxy groups -OCH3 is 1. The minimum atomic E-state index is -0.150. The molecule has 82 valence electrons. The first kappa shape index (κ1) is 10.8. The third-order valence-electron chi connectivity index (χ3n) is 3.09. The molecule has 0 radical (unpaired) electrons. The van der Waals surface area contributed by atoms with E-state index >= 15 is 0 Å². The molecule has 3 heteroatoms. The fourth-order valence-corrected chi connectivity index (χ4v) is 2.19. The van der Waals surface area contributed by atoms with Gasteiger partial charge in [0.1, 0.15) is 5.75 Å². The molecule has 0 saturated heterocycles. The quantitative estimate of drug-likeness (QED) is 0.859. The van der Waals surface area contributed by atoms with Crippen molar-refractivity contribution < 1.29 is 4.74 Å². The molecule has 0 unspecified atom stereocenters. The molecule has 0 aliphatic heterocycles. The molecule has 0 bridgehead atoms. The molecule has 0 atom stereocenters. The highest BCUT2D eigenvalue weighted by Crippen LogP contribution is 2.45. The van der Waals surface area contributed by atoms with Crippen molar-refractivity contribution in [2.45, 2.75) is 31.7 Å². The van der Waals surface area contributed by atoms with Gasteiger partial charge in [-0.15, -0.1) is 0 Å². The summed E-state index contributed by atoms with van der Waals surface area (Å²) in [5.74, 6) is 0.858. The normalized spacial score (nSPS) is 17.6. The highest BCUT2D eigenvalue weighted by molar-refractivity contribution is 6.31. The Kier molecular flexibility index (Phi) is 2.65. The minimum absolute atomic E-state index is 0.150. The molecule has 1 aromatic carbocycles. The van der Waals surface area contributed by atoms with E-state index in [0.717, 1.165) is 41.2 Å². The zero-order valence-electron chi connectivity index (χ0n) is 9.14. The Morgan fingerprint density at radius 2 is 2.13 bits per heavy atom. The van der Waals surface area contributed by atoms with Crippen molar-refractivity contribution in [1.29, 1.82) is 0 Å². The Morgan fingerprint density at radius 1 is 1.47 bits per heavy atom. The number of rotatable bonds is 3. The van der Waals surface area contributed by atoms with Crippen LogP contribution in [0, 0.1) is 0 Å². The number of nitrogens with two attached hydrogens (primary N) is 1. The molecule has 0 heterocycles. The first-order valence-corrected chi connectivity index (χ1v) is 5.64. The maximum absolute atomic E-state index is 6.21. The average Bonchev–Trinajstić information content (AvgIpc) is 2.96. The summed E-state index contributed by atoms with van der Waals surface area (Å²) in [7, 11) is 1.67. The largest absolute Gasteiger partial charge is 0.496 e. The van der Waals surface area contributed by atoms with E-state index in [0.29, 0.717) is 0 Å². The molecule has 0 spiro atoms. The Labute approximate surface area is 95.4 Å². The van der Waals surface area contributed by atoms with E-state index in [-0.39, 0.29) is 5.54 Å². The number of ether oxygens (including phenoxy) is 1. The molecule has 0 amide bonds. The second-order valence-electron chi connectivity index (χ2n) is 4.15. The lowest BCUT2D eigenvalue weighted by Crippen LogP contribution is -2.18. The Bertz CT molecular complexity index is 385. The monoisotopic (exact) mass is 225 g/mol. The van der Waals surface area contributed by atoms with Crippen LogP contribution in [0.4, 0.5) is 0 Å². The van der Waals surface area contributed by atoms with Crippen molar-refractivity contribution in [3.8, 4) is 5.75 Å². The van der Waals surface area contributed by atoms with Crippen LogP contribution >= 0.6 is 11.6 Å². The maximum atomic E-state index is 6.21. The fourth-order valence-electron chi connectivity index (χ4n) is 1.85. The lowest BCUT2D eigenvalue weighted by Gasteiger charge is -2.15. The Hall–Kier alpha value is -0.730. The van der Waals surface area contributed by atoms with Gasteiger partial charge in [-0.3, -0.25) is 0 Å². The van der Waals surface area contributed by atoms with Crippen molar-refractivity contribution in [2.24, 2.45) is 5.73 Å². The van der Waals surface area contributed by atoms with Crippen LogP contribution in [0.3, 0.4) is 0 Å². The summed E-state index contributed by atoms with van der Waals surface area (Å²) in [5.41, 5.74) is 8.15.